The molecule has 0 saturated carbocycles. The maximum Gasteiger partial charge on any atom is 0.225 e. The lowest BCUT2D eigenvalue weighted by atomic mass is 10.0. The molecule has 26 heavy (non-hydrogen) atoms. The Morgan fingerprint density at radius 2 is 1.92 bits per heavy atom. The summed E-state index contributed by atoms with van der Waals surface area (Å²) in [5.74, 6) is 0.854. The fourth-order valence-electron chi connectivity index (χ4n) is 3.89. The Kier molecular flexibility index (Phi) is 4.62. The lowest BCUT2D eigenvalue weighted by Crippen LogP contribution is -2.32. The number of nitrogens with zero attached hydrogens (tertiary/aromatic N) is 5. The van der Waals surface area contributed by atoms with E-state index in [1.165, 1.54) is 0 Å². The summed E-state index contributed by atoms with van der Waals surface area (Å²) in [5, 5.41) is -0.311. The van der Waals surface area contributed by atoms with Gasteiger partial charge in [-0.15, -0.1) is 0 Å². The lowest BCUT2D eigenvalue weighted by Gasteiger charge is -2.22. The summed E-state index contributed by atoms with van der Waals surface area (Å²) >= 11 is 0. The van der Waals surface area contributed by atoms with Crippen molar-refractivity contribution in [3.63, 3.8) is 0 Å². The second kappa shape index (κ2) is 6.92. The largest absolute Gasteiger partial charge is 0.341 e. The second-order valence-electron chi connectivity index (χ2n) is 7.12. The smallest absolute Gasteiger partial charge is 0.225 e. The van der Waals surface area contributed by atoms with Crippen LogP contribution in [0.5, 0.6) is 0 Å². The molecule has 0 radical (unpaired) electrons. The highest BCUT2D eigenvalue weighted by Gasteiger charge is 2.46. The number of hydrogen-bond donors (Lipinski definition) is 0. The number of aromatic nitrogens is 3. The van der Waals surface area contributed by atoms with Gasteiger partial charge in [0.25, 0.3) is 0 Å². The van der Waals surface area contributed by atoms with Gasteiger partial charge in [0.1, 0.15) is 0 Å². The van der Waals surface area contributed by atoms with Crippen LogP contribution in [0.1, 0.15) is 24.0 Å². The van der Waals surface area contributed by atoms with Gasteiger partial charge in [-0.1, -0.05) is 6.07 Å². The van der Waals surface area contributed by atoms with Gasteiger partial charge >= 0.3 is 0 Å². The van der Waals surface area contributed by atoms with Crippen LogP contribution in [0.25, 0.3) is 0 Å². The highest BCUT2D eigenvalue weighted by Crippen LogP contribution is 2.35. The van der Waals surface area contributed by atoms with Crippen molar-refractivity contribution in [1.82, 2.24) is 19.3 Å². The molecule has 4 heterocycles. The van der Waals surface area contributed by atoms with Gasteiger partial charge in [0.05, 0.1) is 5.25 Å². The number of aryl methyl sites for hydroxylation is 1. The molecule has 8 heteroatoms. The van der Waals surface area contributed by atoms with Gasteiger partial charge in [0, 0.05) is 51.0 Å². The van der Waals surface area contributed by atoms with Crippen molar-refractivity contribution >= 4 is 16.0 Å². The molecule has 4 rings (SSSR count). The van der Waals surface area contributed by atoms with E-state index in [0.29, 0.717) is 32.0 Å². The van der Waals surface area contributed by atoms with Crippen LogP contribution < -0.4 is 4.90 Å². The van der Waals surface area contributed by atoms with E-state index in [-0.39, 0.29) is 11.2 Å². The normalized spacial score (nSPS) is 25.7. The van der Waals surface area contributed by atoms with Crippen molar-refractivity contribution in [2.45, 2.75) is 31.6 Å². The van der Waals surface area contributed by atoms with Crippen LogP contribution in [0.2, 0.25) is 0 Å². The summed E-state index contributed by atoms with van der Waals surface area (Å²) in [6, 6.07) is 3.77. The Morgan fingerprint density at radius 3 is 2.65 bits per heavy atom. The maximum atomic E-state index is 13.0. The monoisotopic (exact) mass is 373 g/mol. The van der Waals surface area contributed by atoms with E-state index < -0.39 is 10.0 Å². The lowest BCUT2D eigenvalue weighted by molar-refractivity contribution is 0.381. The average molecular weight is 373 g/mol. The van der Waals surface area contributed by atoms with Crippen LogP contribution in [-0.2, 0) is 16.6 Å². The number of pyridine rings is 1. The number of rotatable bonds is 3. The van der Waals surface area contributed by atoms with Crippen LogP contribution in [-0.4, -0.2) is 52.6 Å². The summed E-state index contributed by atoms with van der Waals surface area (Å²) in [6.07, 6.45) is 8.51. The van der Waals surface area contributed by atoms with E-state index in [0.717, 1.165) is 24.1 Å². The molecule has 0 N–H and O–H groups in total. The molecule has 138 valence electrons. The Hall–Kier alpha value is -2.06. The quantitative estimate of drug-likeness (QED) is 0.813. The first kappa shape index (κ1) is 17.4. The summed E-state index contributed by atoms with van der Waals surface area (Å²) in [6.45, 7) is 4.42. The molecule has 2 saturated heterocycles. The molecule has 0 aliphatic carbocycles. The minimum atomic E-state index is -3.28. The van der Waals surface area contributed by atoms with Crippen molar-refractivity contribution in [3.8, 4) is 0 Å². The van der Waals surface area contributed by atoms with Crippen molar-refractivity contribution in [2.24, 2.45) is 5.92 Å². The molecule has 0 bridgehead atoms. The van der Waals surface area contributed by atoms with E-state index >= 15 is 0 Å². The van der Waals surface area contributed by atoms with Crippen LogP contribution in [0, 0.1) is 12.8 Å². The first-order valence-electron chi connectivity index (χ1n) is 8.95. The molecule has 0 spiro atoms. The van der Waals surface area contributed by atoms with Gasteiger partial charge in [-0.3, -0.25) is 4.98 Å². The zero-order valence-electron chi connectivity index (χ0n) is 14.8. The molecule has 0 amide bonds. The standard InChI is InChI=1S/C18H23N5O2S/c1-14-9-20-18(21-10-14)22-7-4-16-13-23(12-15-3-2-6-19-11-15)26(24,25)17(16)5-8-22/h2-3,6,9-11,16-17H,4-5,7-8,12-13H2,1H3/t16-,17+/m0/s1. The molecular formula is C18H23N5O2S. The maximum absolute atomic E-state index is 13.0. The predicted octanol–water partition coefficient (Wildman–Crippen LogP) is 1.61. The van der Waals surface area contributed by atoms with Crippen LogP contribution in [0.15, 0.2) is 36.9 Å². The Bertz CT molecular complexity index is 857. The Balaban J connectivity index is 1.48. The highest BCUT2D eigenvalue weighted by atomic mass is 32.2. The first-order valence-corrected chi connectivity index (χ1v) is 10.5. The minimum Gasteiger partial charge on any atom is -0.341 e. The number of anilines is 1. The van der Waals surface area contributed by atoms with E-state index in [4.69, 9.17) is 0 Å². The van der Waals surface area contributed by atoms with Crippen LogP contribution in [0.4, 0.5) is 5.95 Å². The molecule has 2 atom stereocenters. The summed E-state index contributed by atoms with van der Waals surface area (Å²) in [4.78, 5) is 15.0. The molecule has 2 aliphatic rings. The van der Waals surface area contributed by atoms with Gasteiger partial charge in [0.2, 0.25) is 16.0 Å². The zero-order valence-corrected chi connectivity index (χ0v) is 15.6. The molecular weight excluding hydrogens is 350 g/mol. The SMILES string of the molecule is Cc1cnc(N2CC[C@H]3CN(Cc4cccnc4)S(=O)(=O)[C@@H]3CC2)nc1. The van der Waals surface area contributed by atoms with Crippen molar-refractivity contribution in [1.29, 1.82) is 0 Å². The number of fused-ring (bicyclic) bond motifs is 1. The third kappa shape index (κ3) is 3.31. The topological polar surface area (TPSA) is 79.3 Å². The van der Waals surface area contributed by atoms with Crippen LogP contribution in [0.3, 0.4) is 0 Å². The summed E-state index contributed by atoms with van der Waals surface area (Å²) < 4.78 is 27.7. The Labute approximate surface area is 154 Å². The molecule has 0 aromatic carbocycles. The van der Waals surface area contributed by atoms with Crippen molar-refractivity contribution in [3.05, 3.63) is 48.0 Å². The van der Waals surface area contributed by atoms with E-state index in [1.807, 2.05) is 19.1 Å². The molecule has 2 aliphatic heterocycles. The first-order chi connectivity index (χ1) is 12.5. The minimum absolute atomic E-state index is 0.159. The van der Waals surface area contributed by atoms with Gasteiger partial charge < -0.3 is 4.90 Å². The summed E-state index contributed by atoms with van der Waals surface area (Å²) in [7, 11) is -3.28. The van der Waals surface area contributed by atoms with Gasteiger partial charge in [0.15, 0.2) is 0 Å². The van der Waals surface area contributed by atoms with Gasteiger partial charge in [-0.2, -0.15) is 4.31 Å². The average Bonchev–Trinajstić information content (AvgIpc) is 2.78. The predicted molar refractivity (Wildman–Crippen MR) is 99.1 cm³/mol. The molecule has 0 unspecified atom stereocenters. The third-order valence-corrected chi connectivity index (χ3v) is 7.68. The second-order valence-corrected chi connectivity index (χ2v) is 9.27. The molecule has 2 aromatic heterocycles. The number of hydrogen-bond acceptors (Lipinski definition) is 6. The van der Waals surface area contributed by atoms with Crippen LogP contribution >= 0.6 is 0 Å². The van der Waals surface area contributed by atoms with E-state index in [9.17, 15) is 8.42 Å². The zero-order chi connectivity index (χ0) is 18.1. The fourth-order valence-corrected chi connectivity index (χ4v) is 6.12. The third-order valence-electron chi connectivity index (χ3n) is 5.29. The van der Waals surface area contributed by atoms with Crippen molar-refractivity contribution in [2.75, 3.05) is 24.5 Å². The Morgan fingerprint density at radius 1 is 1.15 bits per heavy atom. The molecule has 2 aromatic rings. The van der Waals surface area contributed by atoms with Gasteiger partial charge in [-0.05, 0) is 42.9 Å². The van der Waals surface area contributed by atoms with Gasteiger partial charge in [-0.25, -0.2) is 18.4 Å². The fraction of sp³-hybridized carbons (Fsp3) is 0.500. The molecule has 2 fully saturated rings. The van der Waals surface area contributed by atoms with E-state index in [2.05, 4.69) is 19.9 Å². The van der Waals surface area contributed by atoms with Crippen molar-refractivity contribution < 1.29 is 8.42 Å². The number of sulfonamides is 1. The molecule has 7 nitrogen and oxygen atoms in total. The highest BCUT2D eigenvalue weighted by molar-refractivity contribution is 7.90. The summed E-state index contributed by atoms with van der Waals surface area (Å²) in [5.41, 5.74) is 1.95. The van der Waals surface area contributed by atoms with E-state index in [1.54, 1.807) is 29.1 Å².